The number of anilines is 1. The Morgan fingerprint density at radius 2 is 2.10 bits per heavy atom. The molecule has 1 aliphatic rings. The summed E-state index contributed by atoms with van der Waals surface area (Å²) in [5.74, 6) is -0.120. The van der Waals surface area contributed by atoms with Gasteiger partial charge in [-0.15, -0.1) is 0 Å². The fraction of sp³-hybridized carbons (Fsp3) is 0.400. The molecule has 2 aromatic heterocycles. The molecule has 0 saturated carbocycles. The number of amides is 1. The van der Waals surface area contributed by atoms with Crippen molar-refractivity contribution in [3.8, 4) is 0 Å². The first-order valence-electron chi connectivity index (χ1n) is 7.03. The van der Waals surface area contributed by atoms with Gasteiger partial charge in [-0.25, -0.2) is 9.94 Å². The van der Waals surface area contributed by atoms with Crippen LogP contribution in [0.1, 0.15) is 37.7 Å². The minimum atomic E-state index is -0.708. The zero-order valence-electron chi connectivity index (χ0n) is 12.7. The van der Waals surface area contributed by atoms with Crippen molar-refractivity contribution in [3.05, 3.63) is 29.1 Å². The van der Waals surface area contributed by atoms with E-state index in [2.05, 4.69) is 22.5 Å². The number of carbonyl (C=O) groups excluding carboxylic acids is 1. The van der Waals surface area contributed by atoms with Gasteiger partial charge in [-0.2, -0.15) is 10.2 Å². The molecule has 1 aliphatic heterocycles. The van der Waals surface area contributed by atoms with Gasteiger partial charge in [-0.05, 0) is 39.3 Å². The van der Waals surface area contributed by atoms with E-state index in [4.69, 9.17) is 5.73 Å². The van der Waals surface area contributed by atoms with Gasteiger partial charge >= 0.3 is 0 Å². The second-order valence-electron chi connectivity index (χ2n) is 5.93. The standard InChI is InChI=1S/C15H19N5O/c1-5-9-7-11-12(10(16)6-8(2)20(11)19-9)13-15(3,4)14(21)18-17-13/h6-7H,5,16H2,1-4H3,(H,18,21). The van der Waals surface area contributed by atoms with Gasteiger partial charge in [-0.1, -0.05) is 6.92 Å². The van der Waals surface area contributed by atoms with E-state index < -0.39 is 5.41 Å². The van der Waals surface area contributed by atoms with Crippen LogP contribution in [-0.2, 0) is 11.2 Å². The Kier molecular flexibility index (Phi) is 2.79. The largest absolute Gasteiger partial charge is 0.398 e. The van der Waals surface area contributed by atoms with E-state index in [9.17, 15) is 4.79 Å². The summed E-state index contributed by atoms with van der Waals surface area (Å²) in [5.41, 5.74) is 13.0. The lowest BCUT2D eigenvalue weighted by Gasteiger charge is -2.19. The highest BCUT2D eigenvalue weighted by atomic mass is 16.2. The third-order valence-electron chi connectivity index (χ3n) is 4.03. The summed E-state index contributed by atoms with van der Waals surface area (Å²) in [4.78, 5) is 12.0. The van der Waals surface area contributed by atoms with Crippen molar-refractivity contribution in [1.82, 2.24) is 15.0 Å². The first kappa shape index (κ1) is 13.6. The number of nitrogens with two attached hydrogens (primary N) is 1. The Hall–Kier alpha value is -2.37. The van der Waals surface area contributed by atoms with Crippen molar-refractivity contribution >= 4 is 22.8 Å². The molecule has 0 fully saturated rings. The van der Waals surface area contributed by atoms with Crippen molar-refractivity contribution in [2.45, 2.75) is 34.1 Å². The number of aromatic nitrogens is 2. The van der Waals surface area contributed by atoms with E-state index in [-0.39, 0.29) is 5.91 Å². The molecular formula is C15H19N5O. The fourth-order valence-corrected chi connectivity index (χ4v) is 2.68. The Morgan fingerprint density at radius 3 is 2.67 bits per heavy atom. The third kappa shape index (κ3) is 1.82. The van der Waals surface area contributed by atoms with E-state index >= 15 is 0 Å². The van der Waals surface area contributed by atoms with Crippen LogP contribution in [0.2, 0.25) is 0 Å². The zero-order chi connectivity index (χ0) is 15.4. The van der Waals surface area contributed by atoms with Gasteiger partial charge in [0.2, 0.25) is 0 Å². The number of nitrogens with one attached hydrogen (secondary N) is 1. The monoisotopic (exact) mass is 285 g/mol. The molecule has 0 saturated heterocycles. The second-order valence-corrected chi connectivity index (χ2v) is 5.93. The number of pyridine rings is 1. The van der Waals surface area contributed by atoms with Crippen LogP contribution in [0.4, 0.5) is 5.69 Å². The molecule has 6 nitrogen and oxygen atoms in total. The molecule has 0 spiro atoms. The highest BCUT2D eigenvalue weighted by Gasteiger charge is 2.41. The molecule has 110 valence electrons. The molecule has 0 bridgehead atoms. The lowest BCUT2D eigenvalue weighted by molar-refractivity contribution is -0.125. The Bertz CT molecular complexity index is 785. The van der Waals surface area contributed by atoms with Crippen LogP contribution in [0, 0.1) is 12.3 Å². The lowest BCUT2D eigenvalue weighted by Crippen LogP contribution is -2.33. The molecule has 0 unspecified atom stereocenters. The summed E-state index contributed by atoms with van der Waals surface area (Å²) < 4.78 is 1.87. The van der Waals surface area contributed by atoms with Crippen LogP contribution in [-0.4, -0.2) is 21.2 Å². The third-order valence-corrected chi connectivity index (χ3v) is 4.03. The Balaban J connectivity index is 2.33. The molecule has 0 aliphatic carbocycles. The average Bonchev–Trinajstić information content (AvgIpc) is 2.95. The SMILES string of the molecule is CCc1cc2c(C3=NNC(=O)C3(C)C)c(N)cc(C)n2n1. The van der Waals surface area contributed by atoms with E-state index in [1.54, 1.807) is 0 Å². The van der Waals surface area contributed by atoms with Gasteiger partial charge in [0.05, 0.1) is 22.3 Å². The maximum absolute atomic E-state index is 12.0. The number of hydrazone groups is 1. The highest BCUT2D eigenvalue weighted by Crippen LogP contribution is 2.33. The Labute approximate surface area is 123 Å². The summed E-state index contributed by atoms with van der Waals surface area (Å²) in [6.45, 7) is 7.72. The van der Waals surface area contributed by atoms with Gasteiger partial charge in [0.1, 0.15) is 0 Å². The van der Waals surface area contributed by atoms with E-state index in [1.165, 1.54) is 0 Å². The topological polar surface area (TPSA) is 84.8 Å². The predicted octanol–water partition coefficient (Wildman–Crippen LogP) is 1.65. The number of rotatable bonds is 2. The van der Waals surface area contributed by atoms with Gasteiger partial charge < -0.3 is 5.73 Å². The number of hydrogen-bond donors (Lipinski definition) is 2. The summed E-state index contributed by atoms with van der Waals surface area (Å²) >= 11 is 0. The van der Waals surface area contributed by atoms with Crippen LogP contribution in [0.5, 0.6) is 0 Å². The first-order valence-corrected chi connectivity index (χ1v) is 7.03. The molecule has 21 heavy (non-hydrogen) atoms. The second kappa shape index (κ2) is 4.31. The van der Waals surface area contributed by atoms with Crippen molar-refractivity contribution in [3.63, 3.8) is 0 Å². The molecule has 1 amide bonds. The number of carbonyl (C=O) groups is 1. The summed E-state index contributed by atoms with van der Waals surface area (Å²) in [5, 5.41) is 8.78. The average molecular weight is 285 g/mol. The number of fused-ring (bicyclic) bond motifs is 1. The van der Waals surface area contributed by atoms with Crippen molar-refractivity contribution in [2.75, 3.05) is 5.73 Å². The Morgan fingerprint density at radius 1 is 1.38 bits per heavy atom. The summed E-state index contributed by atoms with van der Waals surface area (Å²) in [7, 11) is 0. The van der Waals surface area contributed by atoms with Gasteiger partial charge in [0, 0.05) is 16.9 Å². The van der Waals surface area contributed by atoms with Gasteiger partial charge in [-0.3, -0.25) is 4.79 Å². The number of nitrogens with zero attached hydrogens (tertiary/aromatic N) is 3. The summed E-state index contributed by atoms with van der Waals surface area (Å²) in [6, 6.07) is 3.89. The van der Waals surface area contributed by atoms with Crippen LogP contribution >= 0.6 is 0 Å². The summed E-state index contributed by atoms with van der Waals surface area (Å²) in [6.07, 6.45) is 0.841. The quantitative estimate of drug-likeness (QED) is 0.879. The molecule has 3 N–H and O–H groups in total. The number of nitrogen functional groups attached to an aromatic ring is 1. The molecule has 0 aromatic carbocycles. The van der Waals surface area contributed by atoms with Crippen LogP contribution in [0.3, 0.4) is 0 Å². The first-order chi connectivity index (χ1) is 9.86. The van der Waals surface area contributed by atoms with Crippen LogP contribution in [0.15, 0.2) is 17.2 Å². The molecular weight excluding hydrogens is 266 g/mol. The molecule has 6 heteroatoms. The van der Waals surface area contributed by atoms with Crippen LogP contribution < -0.4 is 11.2 Å². The van der Waals surface area contributed by atoms with Crippen molar-refractivity contribution in [1.29, 1.82) is 0 Å². The highest BCUT2D eigenvalue weighted by molar-refractivity contribution is 6.23. The minimum Gasteiger partial charge on any atom is -0.398 e. The van der Waals surface area contributed by atoms with Crippen molar-refractivity contribution in [2.24, 2.45) is 10.5 Å². The molecule has 2 aromatic rings. The maximum Gasteiger partial charge on any atom is 0.251 e. The zero-order valence-corrected chi connectivity index (χ0v) is 12.7. The fourth-order valence-electron chi connectivity index (χ4n) is 2.68. The normalized spacial score (nSPS) is 17.1. The van der Waals surface area contributed by atoms with Gasteiger partial charge in [0.15, 0.2) is 0 Å². The predicted molar refractivity (Wildman–Crippen MR) is 82.2 cm³/mol. The smallest absolute Gasteiger partial charge is 0.251 e. The van der Waals surface area contributed by atoms with Crippen LogP contribution in [0.25, 0.3) is 5.52 Å². The van der Waals surface area contributed by atoms with E-state index in [0.29, 0.717) is 11.4 Å². The number of hydrogen-bond acceptors (Lipinski definition) is 4. The molecule has 0 radical (unpaired) electrons. The lowest BCUT2D eigenvalue weighted by atomic mass is 9.83. The van der Waals surface area contributed by atoms with Crippen molar-refractivity contribution < 1.29 is 4.79 Å². The minimum absolute atomic E-state index is 0.120. The van der Waals surface area contributed by atoms with E-state index in [0.717, 1.165) is 28.9 Å². The van der Waals surface area contributed by atoms with E-state index in [1.807, 2.05) is 37.4 Å². The molecule has 3 rings (SSSR count). The van der Waals surface area contributed by atoms with Gasteiger partial charge in [0.25, 0.3) is 5.91 Å². The number of aryl methyl sites for hydroxylation is 2. The maximum atomic E-state index is 12.0. The molecule has 0 atom stereocenters. The molecule has 3 heterocycles.